The van der Waals surface area contributed by atoms with Crippen LogP contribution in [0.5, 0.6) is 0 Å². The van der Waals surface area contributed by atoms with Gasteiger partial charge in [0, 0.05) is 0 Å². The van der Waals surface area contributed by atoms with Gasteiger partial charge in [-0.25, -0.2) is 0 Å². The smallest absolute Gasteiger partial charge is 0.0000469 e. The molecule has 0 atom stereocenters. The molecule has 0 aliphatic carbocycles. The van der Waals surface area contributed by atoms with Crippen molar-refractivity contribution >= 4 is 172 Å². The summed E-state index contributed by atoms with van der Waals surface area (Å²) in [4.78, 5) is 0. The molecule has 0 radical (unpaired) electrons. The summed E-state index contributed by atoms with van der Waals surface area (Å²) in [5.41, 5.74) is 6.57. The van der Waals surface area contributed by atoms with Crippen LogP contribution in [-0.4, -0.2) is 0 Å². The lowest BCUT2D eigenvalue weighted by atomic mass is 9.71. The first-order valence-electron chi connectivity index (χ1n) is 28.2. The lowest BCUT2D eigenvalue weighted by Crippen LogP contribution is -2.13. The number of fused-ring (bicyclic) bond motifs is 12. The lowest BCUT2D eigenvalue weighted by Gasteiger charge is -2.32. The minimum atomic E-state index is -0.101. The normalized spacial score (nSPS) is 14.5. The molecule has 0 aliphatic heterocycles. The zero-order chi connectivity index (χ0) is 52.3. The van der Waals surface area contributed by atoms with Crippen molar-refractivity contribution < 1.29 is 0 Å². The van der Waals surface area contributed by atoms with Crippen molar-refractivity contribution in [3.8, 4) is 0 Å². The molecular weight excluding hydrogens is 913 g/mol. The highest BCUT2D eigenvalue weighted by atomic mass is 14.4. The first-order valence-corrected chi connectivity index (χ1v) is 28.2. The van der Waals surface area contributed by atoms with Crippen LogP contribution in [0, 0.1) is 0 Å². The van der Waals surface area contributed by atoms with E-state index in [4.69, 9.17) is 0 Å². The summed E-state index contributed by atoms with van der Waals surface area (Å²) in [5, 5.41) is 45.0. The van der Waals surface area contributed by atoms with Gasteiger partial charge in [0.25, 0.3) is 0 Å². The summed E-state index contributed by atoms with van der Waals surface area (Å²) in [6.07, 6.45) is 0. The molecule has 0 bridgehead atoms. The third-order valence-corrected chi connectivity index (χ3v) is 19.5. The Kier molecular flexibility index (Phi) is 7.47. The third-order valence-electron chi connectivity index (χ3n) is 19.5. The molecule has 0 nitrogen and oxygen atoms in total. The molecule has 368 valence electrons. The Labute approximate surface area is 443 Å². The molecular formula is C76H64. The maximum Gasteiger partial charge on any atom is -0.0000469 e. The van der Waals surface area contributed by atoms with E-state index in [0.29, 0.717) is 0 Å². The number of benzene rings is 16. The minimum absolute atomic E-state index is 0.0371. The molecule has 0 heterocycles. The monoisotopic (exact) mass is 977 g/mol. The van der Waals surface area contributed by atoms with E-state index >= 15 is 0 Å². The quantitative estimate of drug-likeness (QED) is 0.105. The van der Waals surface area contributed by atoms with Crippen LogP contribution >= 0.6 is 0 Å². The van der Waals surface area contributed by atoms with Crippen LogP contribution in [0.25, 0.3) is 172 Å². The van der Waals surface area contributed by atoms with Gasteiger partial charge in [-0.05, 0) is 282 Å². The number of hydrogen-bond acceptors (Lipinski definition) is 0. The number of hydrogen-bond donors (Lipinski definition) is 0. The molecule has 0 aromatic heterocycles. The molecule has 76 heavy (non-hydrogen) atoms. The van der Waals surface area contributed by atoms with E-state index in [-0.39, 0.29) is 27.1 Å². The summed E-state index contributed by atoms with van der Waals surface area (Å²) in [7, 11) is 0. The first kappa shape index (κ1) is 43.9. The summed E-state index contributed by atoms with van der Waals surface area (Å²) in [6.45, 7) is 36.2. The second kappa shape index (κ2) is 12.9. The first-order chi connectivity index (χ1) is 35.9. The minimum Gasteiger partial charge on any atom is -0.0578 e. The Balaban J connectivity index is 1.32. The van der Waals surface area contributed by atoms with Crippen molar-refractivity contribution in [3.05, 3.63) is 143 Å². The second-order valence-corrected chi connectivity index (χ2v) is 29.2. The zero-order valence-electron chi connectivity index (χ0n) is 47.0. The molecule has 0 saturated heterocycles. The van der Waals surface area contributed by atoms with Gasteiger partial charge in [0.2, 0.25) is 0 Å². The van der Waals surface area contributed by atoms with Crippen LogP contribution in [0.15, 0.2) is 115 Å². The molecule has 17 aromatic carbocycles. The summed E-state index contributed by atoms with van der Waals surface area (Å²) in [5.74, 6) is 0. The predicted molar refractivity (Wildman–Crippen MR) is 338 cm³/mol. The van der Waals surface area contributed by atoms with Gasteiger partial charge in [-0.1, -0.05) is 165 Å². The summed E-state index contributed by atoms with van der Waals surface area (Å²) in [6, 6.07) is 48.2. The largest absolute Gasteiger partial charge is 0.0578 e. The summed E-state index contributed by atoms with van der Waals surface area (Å²) >= 11 is 0. The van der Waals surface area contributed by atoms with Crippen molar-refractivity contribution in [2.75, 3.05) is 0 Å². The van der Waals surface area contributed by atoms with E-state index in [1.54, 1.807) is 0 Å². The van der Waals surface area contributed by atoms with Crippen molar-refractivity contribution in [2.24, 2.45) is 0 Å². The molecule has 0 N–H and O–H groups in total. The molecule has 0 unspecified atom stereocenters. The average Bonchev–Trinajstić information content (AvgIpc) is 2.54. The SMILES string of the molecule is CC(C)(C)c1ccc2c(c1)c1cc(C(C)(C)C)cc3c4cc(C(C)(C)C)cc5c6cc(C(C)(C)C)cc7c8cc(C(C)(C)C)cc9c%10c%11ccc%12ccc%13ccc%14ccc(c%15c%14c%13c%12c%11%15)c%10c%10c2c(c13)c(c45)c(c67)c%10c89. The second-order valence-electron chi connectivity index (χ2n) is 29.2. The van der Waals surface area contributed by atoms with Crippen molar-refractivity contribution in [1.82, 2.24) is 0 Å². The Morgan fingerprint density at radius 2 is 0.382 bits per heavy atom. The molecule has 0 fully saturated rings. The van der Waals surface area contributed by atoms with Crippen molar-refractivity contribution in [3.63, 3.8) is 0 Å². The Hall–Kier alpha value is -7.28. The highest BCUT2D eigenvalue weighted by molar-refractivity contribution is 6.62. The highest BCUT2D eigenvalue weighted by Crippen LogP contribution is 2.62. The molecule has 17 rings (SSSR count). The van der Waals surface area contributed by atoms with Crippen LogP contribution in [0.2, 0.25) is 0 Å². The van der Waals surface area contributed by atoms with E-state index in [2.05, 4.69) is 219 Å². The molecule has 0 saturated carbocycles. The fraction of sp³-hybridized carbons (Fsp3) is 0.263. The molecule has 0 heteroatoms. The third kappa shape index (κ3) is 5.01. The highest BCUT2D eigenvalue weighted by Gasteiger charge is 2.35. The van der Waals surface area contributed by atoms with E-state index in [0.717, 1.165) is 0 Å². The molecule has 0 spiro atoms. The predicted octanol–water partition coefficient (Wildman–Crippen LogP) is 22.7. The van der Waals surface area contributed by atoms with Gasteiger partial charge in [0.05, 0.1) is 0 Å². The Bertz CT molecular complexity index is 5340. The van der Waals surface area contributed by atoms with Crippen LogP contribution in [0.1, 0.15) is 132 Å². The maximum atomic E-state index is 2.65. The van der Waals surface area contributed by atoms with Gasteiger partial charge in [-0.3, -0.25) is 0 Å². The topological polar surface area (TPSA) is 0 Å². The van der Waals surface area contributed by atoms with Gasteiger partial charge < -0.3 is 0 Å². The van der Waals surface area contributed by atoms with Gasteiger partial charge in [-0.15, -0.1) is 0 Å². The van der Waals surface area contributed by atoms with Crippen molar-refractivity contribution in [1.29, 1.82) is 0 Å². The number of rotatable bonds is 0. The van der Waals surface area contributed by atoms with E-state index in [9.17, 15) is 0 Å². The van der Waals surface area contributed by atoms with Gasteiger partial charge >= 0.3 is 0 Å². The Morgan fingerprint density at radius 1 is 0.158 bits per heavy atom. The van der Waals surface area contributed by atoms with E-state index < -0.39 is 0 Å². The molecule has 0 aliphatic rings. The van der Waals surface area contributed by atoms with Gasteiger partial charge in [0.15, 0.2) is 0 Å². The average molecular weight is 977 g/mol. The van der Waals surface area contributed by atoms with Crippen LogP contribution in [0.4, 0.5) is 0 Å². The van der Waals surface area contributed by atoms with Crippen molar-refractivity contribution in [2.45, 2.75) is 131 Å². The van der Waals surface area contributed by atoms with E-state index in [1.807, 2.05) is 0 Å². The van der Waals surface area contributed by atoms with Crippen LogP contribution in [0.3, 0.4) is 0 Å². The van der Waals surface area contributed by atoms with E-state index in [1.165, 1.54) is 200 Å². The molecule has 17 aromatic rings. The van der Waals surface area contributed by atoms with Crippen LogP contribution in [-0.2, 0) is 27.1 Å². The lowest BCUT2D eigenvalue weighted by molar-refractivity contribution is 0.590. The standard InChI is InChI=1S/C76H64/c1-72(2,3)38-22-25-43-46(26-38)47-27-39(73(4,5)6)28-48-49-29-40(74(7,8)9)30-50-51-31-41(75(10,11)12)32-52-53-33-42(76(13,14)15)34-54-58-44-23-20-36-18-16-35-17-19-37-21-24-45(65-57(37)55(35)56(36)64(44)65)66(58)71-63(43)67(59(47)48)68(60(49)50)69(61(51)52)70(71)62(53)54/h16-34H,1-15H3. The molecule has 0 amide bonds. The maximum absolute atomic E-state index is 2.65. The summed E-state index contributed by atoms with van der Waals surface area (Å²) < 4.78 is 0. The Morgan fingerprint density at radius 3 is 0.763 bits per heavy atom. The fourth-order valence-electron chi connectivity index (χ4n) is 15.6. The zero-order valence-corrected chi connectivity index (χ0v) is 47.0. The van der Waals surface area contributed by atoms with Crippen LogP contribution < -0.4 is 0 Å². The van der Waals surface area contributed by atoms with Gasteiger partial charge in [0.1, 0.15) is 0 Å². The fourth-order valence-corrected chi connectivity index (χ4v) is 15.6. The van der Waals surface area contributed by atoms with Gasteiger partial charge in [-0.2, -0.15) is 0 Å².